The van der Waals surface area contributed by atoms with E-state index in [1.54, 1.807) is 25.1 Å². The molecule has 34 heavy (non-hydrogen) atoms. The van der Waals surface area contributed by atoms with Crippen molar-refractivity contribution in [2.24, 2.45) is 0 Å². The van der Waals surface area contributed by atoms with E-state index in [1.807, 2.05) is 43.3 Å². The van der Waals surface area contributed by atoms with Crippen LogP contribution in [0.3, 0.4) is 0 Å². The standard InChI is InChI=1S/C25H30NO6PS/c1-4-13-30-24(27)18(3)26-33(29,32-21-9-7-6-8-10-21)17-19-11-12-22-20(15-19)16-23(34-22)25(28)31-14-5-2/h5-12,15-16,18,26,29,33H,2,4,13-14,17H2,1,3H3/t18-/m0/s1. The van der Waals surface area contributed by atoms with Crippen LogP contribution in [0, 0.1) is 0 Å². The summed E-state index contributed by atoms with van der Waals surface area (Å²) in [4.78, 5) is 36.5. The zero-order chi connectivity index (χ0) is 24.6. The second-order valence-electron chi connectivity index (χ2n) is 7.78. The van der Waals surface area contributed by atoms with Crippen LogP contribution >= 0.6 is 19.2 Å². The molecule has 0 spiro atoms. The summed E-state index contributed by atoms with van der Waals surface area (Å²) < 4.78 is 17.3. The number of nitrogens with one attached hydrogen (secondary N) is 1. The van der Waals surface area contributed by atoms with Crippen molar-refractivity contribution in [1.82, 2.24) is 5.09 Å². The Morgan fingerprint density at radius 2 is 1.94 bits per heavy atom. The molecule has 0 aliphatic rings. The van der Waals surface area contributed by atoms with Gasteiger partial charge in [-0.2, -0.15) is 0 Å². The molecule has 0 bridgehead atoms. The number of hydrogen-bond donors (Lipinski definition) is 2. The SMILES string of the molecule is C=CCOC(=O)c1cc2cc(C[PH](O)(N[C@@H](C)C(=O)OCCC)Oc3ccccc3)ccc2s1. The van der Waals surface area contributed by atoms with Gasteiger partial charge in [-0.3, -0.25) is 0 Å². The van der Waals surface area contributed by atoms with Crippen LogP contribution in [-0.4, -0.2) is 36.1 Å². The Morgan fingerprint density at radius 1 is 1.18 bits per heavy atom. The average Bonchev–Trinajstić information content (AvgIpc) is 3.24. The number of para-hydroxylation sites is 1. The van der Waals surface area contributed by atoms with E-state index >= 15 is 0 Å². The quantitative estimate of drug-likeness (QED) is 0.198. The van der Waals surface area contributed by atoms with Gasteiger partial charge in [0, 0.05) is 0 Å². The minimum atomic E-state index is -3.67. The van der Waals surface area contributed by atoms with Crippen molar-refractivity contribution in [3.63, 3.8) is 0 Å². The molecule has 1 aromatic heterocycles. The van der Waals surface area contributed by atoms with E-state index in [1.165, 1.54) is 17.4 Å². The number of rotatable bonds is 12. The average molecular weight is 504 g/mol. The molecule has 0 aliphatic heterocycles. The molecule has 182 valence electrons. The molecule has 0 fully saturated rings. The van der Waals surface area contributed by atoms with Crippen LogP contribution in [0.15, 0.2) is 67.3 Å². The van der Waals surface area contributed by atoms with E-state index in [-0.39, 0.29) is 12.8 Å². The predicted octanol–water partition coefficient (Wildman–Crippen LogP) is 5.24. The third kappa shape index (κ3) is 7.11. The molecule has 0 aliphatic carbocycles. The normalized spacial score (nSPS) is 12.7. The first-order valence-corrected chi connectivity index (χ1v) is 13.9. The van der Waals surface area contributed by atoms with E-state index in [4.69, 9.17) is 14.0 Å². The summed E-state index contributed by atoms with van der Waals surface area (Å²) in [5, 5.41) is 3.87. The maximum atomic E-state index is 12.3. The summed E-state index contributed by atoms with van der Waals surface area (Å²) in [5.74, 6) is -0.343. The molecule has 0 radical (unpaired) electrons. The first kappa shape index (κ1) is 25.8. The minimum absolute atomic E-state index is 0.151. The Balaban J connectivity index is 1.83. The summed E-state index contributed by atoms with van der Waals surface area (Å²) in [7, 11) is -3.67. The first-order chi connectivity index (χ1) is 16.3. The molecule has 2 N–H and O–H groups in total. The third-order valence-electron chi connectivity index (χ3n) is 4.83. The fraction of sp³-hybridized carbons (Fsp3) is 0.280. The van der Waals surface area contributed by atoms with Gasteiger partial charge in [-0.25, -0.2) is 0 Å². The van der Waals surface area contributed by atoms with Gasteiger partial charge in [-0.05, 0) is 0 Å². The van der Waals surface area contributed by atoms with Gasteiger partial charge in [0.25, 0.3) is 0 Å². The van der Waals surface area contributed by atoms with Crippen molar-refractivity contribution in [2.75, 3.05) is 13.2 Å². The Hall–Kier alpha value is -2.77. The molecule has 2 aromatic carbocycles. The number of hydrogen-bond acceptors (Lipinski definition) is 8. The molecule has 9 heteroatoms. The van der Waals surface area contributed by atoms with E-state index in [2.05, 4.69) is 11.7 Å². The molecule has 0 unspecified atom stereocenters. The van der Waals surface area contributed by atoms with Gasteiger partial charge in [0.2, 0.25) is 0 Å². The van der Waals surface area contributed by atoms with Gasteiger partial charge < -0.3 is 0 Å². The Morgan fingerprint density at radius 3 is 2.65 bits per heavy atom. The van der Waals surface area contributed by atoms with Crippen molar-refractivity contribution in [3.05, 3.63) is 77.7 Å². The number of carbonyl (C=O) groups excluding carboxylic acids is 2. The van der Waals surface area contributed by atoms with Gasteiger partial charge in [-0.1, -0.05) is 0 Å². The van der Waals surface area contributed by atoms with Gasteiger partial charge in [0.05, 0.1) is 0 Å². The van der Waals surface area contributed by atoms with Crippen LogP contribution < -0.4 is 9.61 Å². The summed E-state index contributed by atoms with van der Waals surface area (Å²) in [6.45, 7) is 7.58. The van der Waals surface area contributed by atoms with Crippen LogP contribution in [0.2, 0.25) is 0 Å². The third-order valence-corrected chi connectivity index (χ3v) is 8.27. The van der Waals surface area contributed by atoms with Crippen LogP contribution in [-0.2, 0) is 20.4 Å². The van der Waals surface area contributed by atoms with Crippen LogP contribution in [0.25, 0.3) is 10.1 Å². The molecule has 1 heterocycles. The molecule has 0 saturated carbocycles. The molecule has 0 saturated heterocycles. The number of carbonyl (C=O) groups is 2. The summed E-state index contributed by atoms with van der Waals surface area (Å²) in [6.07, 6.45) is 2.41. The molecule has 1 atom stereocenters. The number of benzene rings is 2. The topological polar surface area (TPSA) is 94.1 Å². The molecular weight excluding hydrogens is 473 g/mol. The van der Waals surface area contributed by atoms with Crippen molar-refractivity contribution < 1.29 is 28.5 Å². The van der Waals surface area contributed by atoms with Gasteiger partial charge in [-0.15, -0.1) is 0 Å². The van der Waals surface area contributed by atoms with Crippen molar-refractivity contribution in [3.8, 4) is 5.75 Å². The second kappa shape index (κ2) is 12.1. The second-order valence-corrected chi connectivity index (χ2v) is 11.3. The van der Waals surface area contributed by atoms with E-state index < -0.39 is 25.8 Å². The van der Waals surface area contributed by atoms with Gasteiger partial charge in [0.15, 0.2) is 0 Å². The van der Waals surface area contributed by atoms with Crippen molar-refractivity contribution in [1.29, 1.82) is 0 Å². The maximum absolute atomic E-state index is 12.3. The number of thiophene rings is 1. The molecule has 0 amide bonds. The van der Waals surface area contributed by atoms with E-state index in [0.29, 0.717) is 23.7 Å². The van der Waals surface area contributed by atoms with Gasteiger partial charge in [0.1, 0.15) is 0 Å². The van der Waals surface area contributed by atoms with E-state index in [0.717, 1.165) is 15.6 Å². The molecule has 7 nitrogen and oxygen atoms in total. The molecule has 3 aromatic rings. The Bertz CT molecular complexity index is 1130. The zero-order valence-corrected chi connectivity index (χ0v) is 21.1. The fourth-order valence-electron chi connectivity index (χ4n) is 3.31. The van der Waals surface area contributed by atoms with Gasteiger partial charge >= 0.3 is 204 Å². The number of ether oxygens (including phenoxy) is 2. The van der Waals surface area contributed by atoms with Crippen LogP contribution in [0.4, 0.5) is 0 Å². The van der Waals surface area contributed by atoms with Crippen molar-refractivity contribution in [2.45, 2.75) is 32.5 Å². The number of fused-ring (bicyclic) bond motifs is 1. The monoisotopic (exact) mass is 503 g/mol. The first-order valence-electron chi connectivity index (χ1n) is 11.0. The molecule has 3 rings (SSSR count). The predicted molar refractivity (Wildman–Crippen MR) is 137 cm³/mol. The van der Waals surface area contributed by atoms with Crippen LogP contribution in [0.1, 0.15) is 35.5 Å². The molecular formula is C25H30NO6PS. The number of esters is 2. The Kier molecular flexibility index (Phi) is 9.19. The van der Waals surface area contributed by atoms with E-state index in [9.17, 15) is 14.5 Å². The summed E-state index contributed by atoms with van der Waals surface area (Å²) >= 11 is 1.34. The fourth-order valence-corrected chi connectivity index (χ4v) is 6.57. The Labute approximate surface area is 203 Å². The zero-order valence-electron chi connectivity index (χ0n) is 19.3. The van der Waals surface area contributed by atoms with Crippen LogP contribution in [0.5, 0.6) is 5.75 Å². The van der Waals surface area contributed by atoms with Crippen molar-refractivity contribution >= 4 is 41.2 Å². The summed E-state index contributed by atoms with van der Waals surface area (Å²) in [6, 6.07) is 15.7. The summed E-state index contributed by atoms with van der Waals surface area (Å²) in [5.41, 5.74) is 0.808.